The minimum atomic E-state index is -3.84. The van der Waals surface area contributed by atoms with Crippen molar-refractivity contribution in [3.8, 4) is 5.69 Å². The molecule has 160 valence electrons. The van der Waals surface area contributed by atoms with Gasteiger partial charge in [-0.05, 0) is 42.2 Å². The maximum Gasteiger partial charge on any atom is 0.263 e. The molecule has 31 heavy (non-hydrogen) atoms. The van der Waals surface area contributed by atoms with Crippen molar-refractivity contribution in [2.24, 2.45) is 0 Å². The van der Waals surface area contributed by atoms with Gasteiger partial charge in [0.15, 0.2) is 0 Å². The fourth-order valence-electron chi connectivity index (χ4n) is 3.53. The van der Waals surface area contributed by atoms with Crippen LogP contribution >= 0.6 is 0 Å². The number of halogens is 1. The molecule has 0 radical (unpaired) electrons. The van der Waals surface area contributed by atoms with Gasteiger partial charge in [-0.3, -0.25) is 4.72 Å². The van der Waals surface area contributed by atoms with Gasteiger partial charge in [0.05, 0.1) is 16.3 Å². The predicted molar refractivity (Wildman–Crippen MR) is 122 cm³/mol. The van der Waals surface area contributed by atoms with E-state index in [1.54, 1.807) is 55.5 Å². The van der Waals surface area contributed by atoms with Crippen LogP contribution in [0.5, 0.6) is 0 Å². The number of fused-ring (bicyclic) bond motifs is 1. The number of rotatable bonds is 4. The Kier molecular flexibility index (Phi) is 5.09. The van der Waals surface area contributed by atoms with Gasteiger partial charge in [0.2, 0.25) is 0 Å². The zero-order valence-corrected chi connectivity index (χ0v) is 18.7. The molecule has 0 saturated heterocycles. The number of nitrogens with zero attached hydrogens (tertiary/aromatic N) is 2. The van der Waals surface area contributed by atoms with Crippen molar-refractivity contribution in [1.29, 1.82) is 0 Å². The zero-order valence-electron chi connectivity index (χ0n) is 17.8. The molecule has 1 N–H and O–H groups in total. The molecule has 7 heteroatoms. The molecular formula is C24H24FN3O2S. The molecule has 0 atom stereocenters. The summed E-state index contributed by atoms with van der Waals surface area (Å²) in [7, 11) is -3.84. The Morgan fingerprint density at radius 2 is 1.58 bits per heavy atom. The van der Waals surface area contributed by atoms with Gasteiger partial charge in [-0.25, -0.2) is 17.5 Å². The van der Waals surface area contributed by atoms with Gasteiger partial charge in [0.1, 0.15) is 11.6 Å². The Labute approximate surface area is 181 Å². The summed E-state index contributed by atoms with van der Waals surface area (Å²) in [4.78, 5) is 0.162. The highest BCUT2D eigenvalue weighted by atomic mass is 32.2. The fourth-order valence-corrected chi connectivity index (χ4v) is 4.56. The maximum absolute atomic E-state index is 14.3. The third kappa shape index (κ3) is 4.05. The highest BCUT2D eigenvalue weighted by Gasteiger charge is 2.21. The number of aryl methyl sites for hydroxylation is 1. The Hall–Kier alpha value is -3.19. The van der Waals surface area contributed by atoms with E-state index in [1.807, 2.05) is 12.1 Å². The maximum atomic E-state index is 14.3. The fraction of sp³-hybridized carbons (Fsp3) is 0.208. The predicted octanol–water partition coefficient (Wildman–Crippen LogP) is 5.57. The zero-order chi connectivity index (χ0) is 22.4. The lowest BCUT2D eigenvalue weighted by Gasteiger charge is -2.19. The molecule has 0 amide bonds. The summed E-state index contributed by atoms with van der Waals surface area (Å²) in [6.07, 6.45) is 0. The summed E-state index contributed by atoms with van der Waals surface area (Å²) in [6, 6.07) is 18.5. The summed E-state index contributed by atoms with van der Waals surface area (Å²) in [5.74, 6) is -0.0570. The lowest BCUT2D eigenvalue weighted by atomic mass is 9.87. The third-order valence-corrected chi connectivity index (χ3v) is 6.55. The Balaban J connectivity index is 1.76. The number of aromatic nitrogens is 2. The molecule has 0 aliphatic carbocycles. The molecule has 1 heterocycles. The quantitative estimate of drug-likeness (QED) is 0.454. The van der Waals surface area contributed by atoms with E-state index in [4.69, 9.17) is 0 Å². The summed E-state index contributed by atoms with van der Waals surface area (Å²) in [6.45, 7) is 7.99. The molecule has 0 saturated carbocycles. The van der Waals surface area contributed by atoms with E-state index in [0.29, 0.717) is 22.2 Å². The van der Waals surface area contributed by atoms with Crippen molar-refractivity contribution in [3.05, 3.63) is 83.8 Å². The van der Waals surface area contributed by atoms with Gasteiger partial charge >= 0.3 is 0 Å². The topological polar surface area (TPSA) is 64.0 Å². The van der Waals surface area contributed by atoms with Gasteiger partial charge in [-0.2, -0.15) is 5.10 Å². The summed E-state index contributed by atoms with van der Waals surface area (Å²) < 4.78 is 44.5. The third-order valence-electron chi connectivity index (χ3n) is 5.18. The normalized spacial score (nSPS) is 12.3. The molecule has 3 aromatic carbocycles. The van der Waals surface area contributed by atoms with Crippen LogP contribution in [0.2, 0.25) is 0 Å². The molecule has 4 rings (SSSR count). The van der Waals surface area contributed by atoms with Gasteiger partial charge in [0.25, 0.3) is 10.0 Å². The Morgan fingerprint density at radius 1 is 0.935 bits per heavy atom. The van der Waals surface area contributed by atoms with E-state index >= 15 is 0 Å². The molecule has 0 bridgehead atoms. The minimum Gasteiger partial charge on any atom is -0.263 e. The van der Waals surface area contributed by atoms with Crippen LogP contribution in [0.3, 0.4) is 0 Å². The molecule has 5 nitrogen and oxygen atoms in total. The van der Waals surface area contributed by atoms with Crippen LogP contribution in [0.4, 0.5) is 10.2 Å². The van der Waals surface area contributed by atoms with Crippen LogP contribution in [-0.4, -0.2) is 18.2 Å². The van der Waals surface area contributed by atoms with Gasteiger partial charge < -0.3 is 0 Å². The number of anilines is 1. The molecular weight excluding hydrogens is 413 g/mol. The number of hydrogen-bond donors (Lipinski definition) is 1. The second-order valence-corrected chi connectivity index (χ2v) is 10.3. The average molecular weight is 438 g/mol. The number of nitrogens with one attached hydrogen (secondary N) is 1. The molecule has 0 fully saturated rings. The van der Waals surface area contributed by atoms with Crippen molar-refractivity contribution in [2.75, 3.05) is 4.72 Å². The number of hydrogen-bond acceptors (Lipinski definition) is 3. The SMILES string of the molecule is Cc1cc(NS(=O)(=O)c2ccc(C(C)(C)C)cc2)n(-c2cccc3c(F)cccc23)n1. The first-order chi connectivity index (χ1) is 14.6. The van der Waals surface area contributed by atoms with E-state index in [1.165, 1.54) is 10.7 Å². The highest BCUT2D eigenvalue weighted by molar-refractivity contribution is 7.92. The summed E-state index contributed by atoms with van der Waals surface area (Å²) in [5.41, 5.74) is 2.19. The number of benzene rings is 3. The van der Waals surface area contributed by atoms with Crippen LogP contribution in [0.25, 0.3) is 16.5 Å². The highest BCUT2D eigenvalue weighted by Crippen LogP contribution is 2.29. The van der Waals surface area contributed by atoms with Crippen molar-refractivity contribution in [1.82, 2.24) is 9.78 Å². The first-order valence-corrected chi connectivity index (χ1v) is 11.4. The molecule has 0 aliphatic rings. The Morgan fingerprint density at radius 3 is 2.26 bits per heavy atom. The second kappa shape index (κ2) is 7.50. The van der Waals surface area contributed by atoms with E-state index in [-0.39, 0.29) is 21.9 Å². The van der Waals surface area contributed by atoms with E-state index in [9.17, 15) is 12.8 Å². The van der Waals surface area contributed by atoms with Crippen molar-refractivity contribution >= 4 is 26.6 Å². The summed E-state index contributed by atoms with van der Waals surface area (Å²) >= 11 is 0. The van der Waals surface area contributed by atoms with Crippen molar-refractivity contribution in [2.45, 2.75) is 38.0 Å². The van der Waals surface area contributed by atoms with Gasteiger partial charge in [-0.1, -0.05) is 57.2 Å². The smallest absolute Gasteiger partial charge is 0.263 e. The molecule has 0 unspecified atom stereocenters. The van der Waals surface area contributed by atoms with Crippen LogP contribution < -0.4 is 4.72 Å². The van der Waals surface area contributed by atoms with E-state index in [2.05, 4.69) is 30.6 Å². The monoisotopic (exact) mass is 437 g/mol. The second-order valence-electron chi connectivity index (χ2n) is 8.57. The van der Waals surface area contributed by atoms with E-state index in [0.717, 1.165) is 5.56 Å². The molecule has 0 aliphatic heterocycles. The molecule has 1 aromatic heterocycles. The van der Waals surface area contributed by atoms with Crippen molar-refractivity contribution in [3.63, 3.8) is 0 Å². The van der Waals surface area contributed by atoms with Gasteiger partial charge in [0, 0.05) is 16.8 Å². The van der Waals surface area contributed by atoms with Crippen LogP contribution in [-0.2, 0) is 15.4 Å². The summed E-state index contributed by atoms with van der Waals surface area (Å²) in [5, 5.41) is 5.54. The standard InChI is InChI=1S/C24H24FN3O2S/c1-16-15-23(27-31(29,30)18-13-11-17(12-14-18)24(2,3)4)28(26-16)22-10-6-7-19-20(22)8-5-9-21(19)25/h5-15,27H,1-4H3. The van der Waals surface area contributed by atoms with Crippen molar-refractivity contribution < 1.29 is 12.8 Å². The first-order valence-electron chi connectivity index (χ1n) is 9.94. The van der Waals surface area contributed by atoms with Gasteiger partial charge in [-0.15, -0.1) is 0 Å². The van der Waals surface area contributed by atoms with Crippen LogP contribution in [0, 0.1) is 12.7 Å². The largest absolute Gasteiger partial charge is 0.263 e. The van der Waals surface area contributed by atoms with Crippen LogP contribution in [0.1, 0.15) is 32.0 Å². The lowest BCUT2D eigenvalue weighted by molar-refractivity contribution is 0.587. The first kappa shape index (κ1) is 21.1. The lowest BCUT2D eigenvalue weighted by Crippen LogP contribution is -2.17. The number of sulfonamides is 1. The average Bonchev–Trinajstić information content (AvgIpc) is 3.06. The Bertz CT molecular complexity index is 1370. The minimum absolute atomic E-state index is 0.0743. The molecule has 0 spiro atoms. The molecule has 4 aromatic rings. The van der Waals surface area contributed by atoms with Crippen LogP contribution in [0.15, 0.2) is 71.6 Å². The van der Waals surface area contributed by atoms with E-state index < -0.39 is 10.0 Å².